The number of anilines is 1. The quantitative estimate of drug-likeness (QED) is 0.661. The highest BCUT2D eigenvalue weighted by molar-refractivity contribution is 5.52. The number of rotatable bonds is 3. The molecule has 72 valence electrons. The third-order valence-electron chi connectivity index (χ3n) is 2.28. The number of aryl methyl sites for hydroxylation is 2. The molecule has 0 aliphatic carbocycles. The van der Waals surface area contributed by atoms with E-state index in [4.69, 9.17) is 4.84 Å². The molecule has 0 atom stereocenters. The molecule has 0 aliphatic heterocycles. The molecular weight excluding hydrogens is 162 g/mol. The van der Waals surface area contributed by atoms with Gasteiger partial charge in [0.25, 0.3) is 0 Å². The van der Waals surface area contributed by atoms with E-state index in [0.717, 1.165) is 12.1 Å². The van der Waals surface area contributed by atoms with Crippen LogP contribution >= 0.6 is 0 Å². The van der Waals surface area contributed by atoms with Gasteiger partial charge in [0, 0.05) is 7.05 Å². The Morgan fingerprint density at radius 3 is 2.54 bits per heavy atom. The molecule has 0 radical (unpaired) electrons. The summed E-state index contributed by atoms with van der Waals surface area (Å²) in [4.78, 5) is 5.12. The first-order valence-corrected chi connectivity index (χ1v) is 4.56. The van der Waals surface area contributed by atoms with E-state index < -0.39 is 0 Å². The molecule has 1 rings (SSSR count). The van der Waals surface area contributed by atoms with Gasteiger partial charge in [-0.05, 0) is 30.5 Å². The maximum atomic E-state index is 5.12. The highest BCUT2D eigenvalue weighted by atomic mass is 16.7. The van der Waals surface area contributed by atoms with Crippen LogP contribution in [0.3, 0.4) is 0 Å². The summed E-state index contributed by atoms with van der Waals surface area (Å²) in [5.41, 5.74) is 3.74. The van der Waals surface area contributed by atoms with E-state index in [0.29, 0.717) is 0 Å². The van der Waals surface area contributed by atoms with Gasteiger partial charge in [-0.3, -0.25) is 9.90 Å². The van der Waals surface area contributed by atoms with Crippen LogP contribution in [0.15, 0.2) is 18.2 Å². The van der Waals surface area contributed by atoms with Gasteiger partial charge in [-0.25, -0.2) is 0 Å². The Balaban J connectivity index is 2.98. The van der Waals surface area contributed by atoms with Crippen molar-refractivity contribution >= 4 is 5.69 Å². The SMILES string of the molecule is CCc1ccc(N(C)OC)c(C)c1. The van der Waals surface area contributed by atoms with Gasteiger partial charge in [0.2, 0.25) is 0 Å². The second-order valence-corrected chi connectivity index (χ2v) is 3.15. The largest absolute Gasteiger partial charge is 0.277 e. The molecular formula is C11H17NO. The van der Waals surface area contributed by atoms with Gasteiger partial charge in [-0.1, -0.05) is 19.1 Å². The highest BCUT2D eigenvalue weighted by Crippen LogP contribution is 2.20. The van der Waals surface area contributed by atoms with Crippen LogP contribution in [0, 0.1) is 6.92 Å². The van der Waals surface area contributed by atoms with E-state index in [1.54, 1.807) is 12.2 Å². The molecule has 0 aromatic heterocycles. The van der Waals surface area contributed by atoms with Crippen molar-refractivity contribution < 1.29 is 4.84 Å². The average Bonchev–Trinajstić information content (AvgIpc) is 2.16. The lowest BCUT2D eigenvalue weighted by Crippen LogP contribution is -2.15. The smallest absolute Gasteiger partial charge is 0.0662 e. The summed E-state index contributed by atoms with van der Waals surface area (Å²) in [5.74, 6) is 0. The Bertz CT molecular complexity index is 283. The van der Waals surface area contributed by atoms with Crippen LogP contribution in [0.1, 0.15) is 18.1 Å². The second-order valence-electron chi connectivity index (χ2n) is 3.15. The van der Waals surface area contributed by atoms with Gasteiger partial charge in [0.1, 0.15) is 0 Å². The zero-order valence-corrected chi connectivity index (χ0v) is 8.79. The van der Waals surface area contributed by atoms with Crippen molar-refractivity contribution in [2.45, 2.75) is 20.3 Å². The fraction of sp³-hybridized carbons (Fsp3) is 0.455. The predicted molar refractivity (Wildman–Crippen MR) is 56.0 cm³/mol. The van der Waals surface area contributed by atoms with E-state index in [1.807, 2.05) is 7.05 Å². The molecule has 0 saturated carbocycles. The summed E-state index contributed by atoms with van der Waals surface area (Å²) >= 11 is 0. The third-order valence-corrected chi connectivity index (χ3v) is 2.28. The average molecular weight is 179 g/mol. The molecule has 0 amide bonds. The van der Waals surface area contributed by atoms with E-state index >= 15 is 0 Å². The summed E-state index contributed by atoms with van der Waals surface area (Å²) in [5, 5.41) is 1.77. The van der Waals surface area contributed by atoms with Gasteiger partial charge in [-0.15, -0.1) is 0 Å². The van der Waals surface area contributed by atoms with Gasteiger partial charge in [-0.2, -0.15) is 0 Å². The maximum Gasteiger partial charge on any atom is 0.0662 e. The van der Waals surface area contributed by atoms with Crippen LogP contribution in [0.25, 0.3) is 0 Å². The molecule has 0 unspecified atom stereocenters. The molecule has 0 bridgehead atoms. The highest BCUT2D eigenvalue weighted by Gasteiger charge is 2.03. The summed E-state index contributed by atoms with van der Waals surface area (Å²) < 4.78 is 0. The molecule has 2 heteroatoms. The monoisotopic (exact) mass is 179 g/mol. The fourth-order valence-electron chi connectivity index (χ4n) is 1.39. The third kappa shape index (κ3) is 2.22. The van der Waals surface area contributed by atoms with Gasteiger partial charge in [0.15, 0.2) is 0 Å². The zero-order valence-electron chi connectivity index (χ0n) is 8.79. The van der Waals surface area contributed by atoms with E-state index in [9.17, 15) is 0 Å². The summed E-state index contributed by atoms with van der Waals surface area (Å²) in [7, 11) is 3.58. The Hall–Kier alpha value is -1.02. The normalized spacial score (nSPS) is 10.2. The van der Waals surface area contributed by atoms with Crippen molar-refractivity contribution in [3.8, 4) is 0 Å². The number of nitrogens with zero attached hydrogens (tertiary/aromatic N) is 1. The van der Waals surface area contributed by atoms with Crippen LogP contribution in [0.5, 0.6) is 0 Å². The molecule has 1 aromatic carbocycles. The lowest BCUT2D eigenvalue weighted by molar-refractivity contribution is 0.184. The minimum Gasteiger partial charge on any atom is -0.277 e. The van der Waals surface area contributed by atoms with Crippen LogP contribution in [0.2, 0.25) is 0 Å². The summed E-state index contributed by atoms with van der Waals surface area (Å²) in [6.07, 6.45) is 1.08. The lowest BCUT2D eigenvalue weighted by Gasteiger charge is -2.18. The van der Waals surface area contributed by atoms with Crippen LogP contribution in [-0.4, -0.2) is 14.2 Å². The van der Waals surface area contributed by atoms with Crippen molar-refractivity contribution in [2.24, 2.45) is 0 Å². The molecule has 0 spiro atoms. The predicted octanol–water partition coefficient (Wildman–Crippen LogP) is 2.56. The van der Waals surface area contributed by atoms with E-state index in [-0.39, 0.29) is 0 Å². The number of hydroxylamine groups is 1. The topological polar surface area (TPSA) is 12.5 Å². The molecule has 2 nitrogen and oxygen atoms in total. The first-order valence-electron chi connectivity index (χ1n) is 4.56. The minimum atomic E-state index is 1.08. The molecule has 0 N–H and O–H groups in total. The maximum absolute atomic E-state index is 5.12. The Morgan fingerprint density at radius 1 is 1.38 bits per heavy atom. The van der Waals surface area contributed by atoms with Crippen molar-refractivity contribution in [2.75, 3.05) is 19.2 Å². The molecule has 13 heavy (non-hydrogen) atoms. The van der Waals surface area contributed by atoms with Gasteiger partial charge < -0.3 is 0 Å². The number of benzene rings is 1. The van der Waals surface area contributed by atoms with Gasteiger partial charge >= 0.3 is 0 Å². The molecule has 0 aliphatic rings. The zero-order chi connectivity index (χ0) is 9.84. The Kier molecular flexibility index (Phi) is 3.32. The van der Waals surface area contributed by atoms with E-state index in [2.05, 4.69) is 32.0 Å². The van der Waals surface area contributed by atoms with Crippen LogP contribution in [-0.2, 0) is 11.3 Å². The van der Waals surface area contributed by atoms with Crippen molar-refractivity contribution in [1.82, 2.24) is 0 Å². The Labute approximate surface area is 80.1 Å². The summed E-state index contributed by atoms with van der Waals surface area (Å²) in [6, 6.07) is 6.43. The number of hydrogen-bond acceptors (Lipinski definition) is 2. The standard InChI is InChI=1S/C11H17NO/c1-5-10-6-7-11(9(2)8-10)12(3)13-4/h6-8H,5H2,1-4H3. The first-order chi connectivity index (χ1) is 6.19. The van der Waals surface area contributed by atoms with Crippen molar-refractivity contribution in [1.29, 1.82) is 0 Å². The Morgan fingerprint density at radius 2 is 2.08 bits per heavy atom. The van der Waals surface area contributed by atoms with Crippen molar-refractivity contribution in [3.05, 3.63) is 29.3 Å². The molecule has 0 fully saturated rings. The lowest BCUT2D eigenvalue weighted by atomic mass is 10.1. The number of hydrogen-bond donors (Lipinski definition) is 0. The second kappa shape index (κ2) is 4.28. The van der Waals surface area contributed by atoms with Crippen molar-refractivity contribution in [3.63, 3.8) is 0 Å². The molecule has 0 heterocycles. The van der Waals surface area contributed by atoms with Crippen LogP contribution < -0.4 is 5.06 Å². The fourth-order valence-corrected chi connectivity index (χ4v) is 1.39. The summed E-state index contributed by atoms with van der Waals surface area (Å²) in [6.45, 7) is 4.26. The minimum absolute atomic E-state index is 1.08. The molecule has 0 saturated heterocycles. The van der Waals surface area contributed by atoms with Crippen LogP contribution in [0.4, 0.5) is 5.69 Å². The molecule has 1 aromatic rings. The van der Waals surface area contributed by atoms with E-state index in [1.165, 1.54) is 11.1 Å². The first kappa shape index (κ1) is 10.1. The van der Waals surface area contributed by atoms with Gasteiger partial charge in [0.05, 0.1) is 12.8 Å².